The average Bonchev–Trinajstić information content (AvgIpc) is 3.30. The molecule has 0 radical (unpaired) electrons. The van der Waals surface area contributed by atoms with Gasteiger partial charge in [0.05, 0.1) is 17.3 Å². The van der Waals surface area contributed by atoms with Crippen LogP contribution in [0, 0.1) is 6.92 Å². The van der Waals surface area contributed by atoms with Crippen LogP contribution in [-0.2, 0) is 6.42 Å². The summed E-state index contributed by atoms with van der Waals surface area (Å²) in [5.41, 5.74) is 9.94. The Morgan fingerprint density at radius 1 is 1.09 bits per heavy atom. The van der Waals surface area contributed by atoms with Crippen molar-refractivity contribution in [3.8, 4) is 16.9 Å². The molecule has 2 amide bonds. The van der Waals surface area contributed by atoms with Crippen molar-refractivity contribution in [2.24, 2.45) is 5.73 Å². The van der Waals surface area contributed by atoms with Crippen LogP contribution in [0.25, 0.3) is 16.9 Å². The molecule has 5 rings (SSSR count). The number of rotatable bonds is 5. The fraction of sp³-hybridized carbons (Fsp3) is 0.185. The number of primary amides is 1. The number of hydrogen-bond acceptors (Lipinski definition) is 4. The molecular weight excluding hydrogens is 442 g/mol. The van der Waals surface area contributed by atoms with Crippen LogP contribution in [0.1, 0.15) is 56.4 Å². The first kappa shape index (κ1) is 22.3. The van der Waals surface area contributed by atoms with Gasteiger partial charge in [0.1, 0.15) is 11.3 Å². The minimum Gasteiger partial charge on any atom is -0.365 e. The van der Waals surface area contributed by atoms with E-state index in [0.29, 0.717) is 29.7 Å². The fourth-order valence-corrected chi connectivity index (χ4v) is 4.60. The zero-order chi connectivity index (χ0) is 24.5. The van der Waals surface area contributed by atoms with Crippen molar-refractivity contribution in [1.29, 1.82) is 0 Å². The lowest BCUT2D eigenvalue weighted by Gasteiger charge is -2.26. The first-order valence-electron chi connectivity index (χ1n) is 11.5. The van der Waals surface area contributed by atoms with Crippen LogP contribution in [-0.4, -0.2) is 26.6 Å². The fourth-order valence-electron chi connectivity index (χ4n) is 4.60. The van der Waals surface area contributed by atoms with Gasteiger partial charge >= 0.3 is 0 Å². The summed E-state index contributed by atoms with van der Waals surface area (Å²) in [6.07, 6.45) is 3.86. The Kier molecular flexibility index (Phi) is 5.78. The molecule has 0 aliphatic heterocycles. The number of H-pyrrole nitrogens is 1. The van der Waals surface area contributed by atoms with E-state index in [1.807, 2.05) is 61.5 Å². The van der Waals surface area contributed by atoms with E-state index in [1.54, 1.807) is 10.9 Å². The van der Waals surface area contributed by atoms with Gasteiger partial charge in [-0.1, -0.05) is 42.5 Å². The van der Waals surface area contributed by atoms with Gasteiger partial charge in [-0.15, -0.1) is 0 Å². The minimum absolute atomic E-state index is 0.109. The largest absolute Gasteiger partial charge is 0.365 e. The number of hydrogen-bond donors (Lipinski definition) is 3. The third kappa shape index (κ3) is 4.26. The highest BCUT2D eigenvalue weighted by Gasteiger charge is 2.27. The van der Waals surface area contributed by atoms with Gasteiger partial charge in [-0.2, -0.15) is 5.10 Å². The van der Waals surface area contributed by atoms with Crippen molar-refractivity contribution in [3.63, 3.8) is 0 Å². The zero-order valence-electron chi connectivity index (χ0n) is 19.2. The van der Waals surface area contributed by atoms with E-state index in [9.17, 15) is 14.4 Å². The number of fused-ring (bicyclic) bond motifs is 1. The molecule has 0 fully saturated rings. The average molecular weight is 468 g/mol. The lowest BCUT2D eigenvalue weighted by Crippen LogP contribution is -2.34. The smallest absolute Gasteiger partial charge is 0.261 e. The topological polar surface area (TPSA) is 123 Å². The molecule has 1 atom stereocenters. The standard InChI is InChI=1S/C27H25N5O3/c1-16-8-5-6-11-18(16)24-21(15-32(31-24)17-9-3-2-4-10-17)27(35)30-23-13-7-12-22-19(23)14-20(25(28)33)26(34)29-22/h2-6,8-11,14-15,23H,7,12-13H2,1H3,(H2,28,33)(H,29,34)(H,30,35). The molecule has 0 bridgehead atoms. The van der Waals surface area contributed by atoms with Gasteiger partial charge in [-0.05, 0) is 55.5 Å². The molecule has 1 unspecified atom stereocenters. The van der Waals surface area contributed by atoms with E-state index < -0.39 is 11.5 Å². The van der Waals surface area contributed by atoms with Crippen LogP contribution in [0.2, 0.25) is 0 Å². The van der Waals surface area contributed by atoms with Crippen molar-refractivity contribution in [2.45, 2.75) is 32.2 Å². The summed E-state index contributed by atoms with van der Waals surface area (Å²) in [5.74, 6) is -1.08. The SMILES string of the molecule is Cc1ccccc1-c1nn(-c2ccccc2)cc1C(=O)NC1CCCc2[nH]c(=O)c(C(N)=O)cc21. The number of benzene rings is 2. The quantitative estimate of drug-likeness (QED) is 0.416. The molecule has 0 spiro atoms. The van der Waals surface area contributed by atoms with Crippen molar-refractivity contribution in [3.05, 3.63) is 105 Å². The number of carbonyl (C=O) groups excluding carboxylic acids is 2. The van der Waals surface area contributed by atoms with Crippen molar-refractivity contribution in [1.82, 2.24) is 20.1 Å². The molecule has 1 aliphatic rings. The van der Waals surface area contributed by atoms with Gasteiger partial charge < -0.3 is 16.0 Å². The third-order valence-corrected chi connectivity index (χ3v) is 6.40. The normalized spacial score (nSPS) is 14.8. The summed E-state index contributed by atoms with van der Waals surface area (Å²) >= 11 is 0. The highest BCUT2D eigenvalue weighted by molar-refractivity contribution is 6.00. The van der Waals surface area contributed by atoms with Crippen LogP contribution in [0.5, 0.6) is 0 Å². The van der Waals surface area contributed by atoms with Crippen LogP contribution >= 0.6 is 0 Å². The Morgan fingerprint density at radius 2 is 1.83 bits per heavy atom. The molecule has 0 saturated heterocycles. The zero-order valence-corrected chi connectivity index (χ0v) is 19.2. The molecule has 8 heteroatoms. The van der Waals surface area contributed by atoms with Crippen molar-refractivity contribution >= 4 is 11.8 Å². The van der Waals surface area contributed by atoms with E-state index >= 15 is 0 Å². The summed E-state index contributed by atoms with van der Waals surface area (Å²) in [6.45, 7) is 1.98. The maximum atomic E-state index is 13.6. The minimum atomic E-state index is -0.796. The van der Waals surface area contributed by atoms with Gasteiger partial charge in [0.2, 0.25) is 0 Å². The number of pyridine rings is 1. The van der Waals surface area contributed by atoms with E-state index in [-0.39, 0.29) is 17.5 Å². The summed E-state index contributed by atoms with van der Waals surface area (Å²) in [5, 5.41) is 7.87. The number of para-hydroxylation sites is 1. The second-order valence-electron chi connectivity index (χ2n) is 8.71. The molecule has 1 aliphatic carbocycles. The summed E-state index contributed by atoms with van der Waals surface area (Å²) in [7, 11) is 0. The molecule has 2 aromatic carbocycles. The number of amides is 2. The number of aromatic nitrogens is 3. The molecule has 2 heterocycles. The molecule has 0 saturated carbocycles. The maximum absolute atomic E-state index is 13.6. The van der Waals surface area contributed by atoms with Gasteiger partial charge in [-0.25, -0.2) is 4.68 Å². The third-order valence-electron chi connectivity index (χ3n) is 6.40. The second kappa shape index (κ2) is 9.06. The Hall–Kier alpha value is -4.46. The first-order chi connectivity index (χ1) is 16.9. The van der Waals surface area contributed by atoms with Crippen molar-refractivity contribution < 1.29 is 9.59 Å². The Labute approximate surface area is 201 Å². The molecule has 4 N–H and O–H groups in total. The monoisotopic (exact) mass is 467 g/mol. The predicted octanol–water partition coefficient (Wildman–Crippen LogP) is 3.44. The van der Waals surface area contributed by atoms with E-state index in [0.717, 1.165) is 28.9 Å². The van der Waals surface area contributed by atoms with E-state index in [1.165, 1.54) is 6.07 Å². The molecule has 8 nitrogen and oxygen atoms in total. The molecule has 176 valence electrons. The van der Waals surface area contributed by atoms with E-state index in [4.69, 9.17) is 10.8 Å². The Balaban J connectivity index is 1.55. The summed E-state index contributed by atoms with van der Waals surface area (Å²) in [4.78, 5) is 40.3. The maximum Gasteiger partial charge on any atom is 0.261 e. The molecule has 35 heavy (non-hydrogen) atoms. The highest BCUT2D eigenvalue weighted by Crippen LogP contribution is 2.31. The number of carbonyl (C=O) groups is 2. The van der Waals surface area contributed by atoms with Gasteiger partial charge in [0.15, 0.2) is 0 Å². The molecular formula is C27H25N5O3. The summed E-state index contributed by atoms with van der Waals surface area (Å²) in [6, 6.07) is 18.6. The first-order valence-corrected chi connectivity index (χ1v) is 11.5. The lowest BCUT2D eigenvalue weighted by atomic mass is 9.90. The van der Waals surface area contributed by atoms with E-state index in [2.05, 4.69) is 10.3 Å². The van der Waals surface area contributed by atoms with Gasteiger partial charge in [0, 0.05) is 17.5 Å². The van der Waals surface area contributed by atoms with Crippen LogP contribution in [0.15, 0.2) is 71.7 Å². The van der Waals surface area contributed by atoms with Gasteiger partial charge in [0.25, 0.3) is 17.4 Å². The number of nitrogens with two attached hydrogens (primary N) is 1. The van der Waals surface area contributed by atoms with Crippen LogP contribution in [0.4, 0.5) is 0 Å². The number of nitrogens with one attached hydrogen (secondary N) is 2. The Bertz CT molecular complexity index is 1490. The van der Waals surface area contributed by atoms with Crippen LogP contribution in [0.3, 0.4) is 0 Å². The van der Waals surface area contributed by atoms with Gasteiger partial charge in [-0.3, -0.25) is 14.4 Å². The van der Waals surface area contributed by atoms with Crippen molar-refractivity contribution in [2.75, 3.05) is 0 Å². The highest BCUT2D eigenvalue weighted by atomic mass is 16.2. The number of aromatic amines is 1. The molecule has 4 aromatic rings. The second-order valence-corrected chi connectivity index (χ2v) is 8.71. The lowest BCUT2D eigenvalue weighted by molar-refractivity contribution is 0.0933. The Morgan fingerprint density at radius 3 is 2.57 bits per heavy atom. The summed E-state index contributed by atoms with van der Waals surface area (Å²) < 4.78 is 1.70. The predicted molar refractivity (Wildman–Crippen MR) is 132 cm³/mol. The van der Waals surface area contributed by atoms with Crippen LogP contribution < -0.4 is 16.6 Å². The number of aryl methyl sites for hydroxylation is 2. The number of nitrogens with zero attached hydrogens (tertiary/aromatic N) is 2. The molecule has 2 aromatic heterocycles.